The molecule has 0 bridgehead atoms. The van der Waals surface area contributed by atoms with Crippen LogP contribution in [0.4, 0.5) is 0 Å². The molecular formula is C6H6N4O. The van der Waals surface area contributed by atoms with Crippen molar-refractivity contribution < 1.29 is 5.11 Å². The summed E-state index contributed by atoms with van der Waals surface area (Å²) in [7, 11) is 1.70. The van der Waals surface area contributed by atoms with Gasteiger partial charge in [0.25, 0.3) is 0 Å². The summed E-state index contributed by atoms with van der Waals surface area (Å²) in [6, 6.07) is 0. The number of imidazole rings is 1. The lowest BCUT2D eigenvalue weighted by Gasteiger charge is -2.01. The molecule has 11 heavy (non-hydrogen) atoms. The van der Waals surface area contributed by atoms with Crippen molar-refractivity contribution >= 4 is 12.2 Å². The van der Waals surface area contributed by atoms with Gasteiger partial charge in [0.05, 0.1) is 6.33 Å². The Hall–Kier alpha value is -1.65. The van der Waals surface area contributed by atoms with Gasteiger partial charge in [-0.3, -0.25) is 0 Å². The molecule has 0 aromatic carbocycles. The summed E-state index contributed by atoms with van der Waals surface area (Å²) in [6.07, 6.45) is 2.94. The lowest BCUT2D eigenvalue weighted by molar-refractivity contribution is 0.431. The number of nitrogens with zero attached hydrogens (tertiary/aromatic N) is 4. The predicted octanol–water partition coefficient (Wildman–Crippen LogP) is -0.0858. The Kier molecular flexibility index (Phi) is 1.06. The highest BCUT2D eigenvalue weighted by Crippen LogP contribution is 2.16. The molecule has 1 aliphatic heterocycles. The molecule has 56 valence electrons. The van der Waals surface area contributed by atoms with E-state index in [1.165, 1.54) is 17.2 Å². The van der Waals surface area contributed by atoms with E-state index in [2.05, 4.69) is 15.0 Å². The van der Waals surface area contributed by atoms with E-state index in [0.29, 0.717) is 11.5 Å². The molecule has 1 N–H and O–H groups in total. The van der Waals surface area contributed by atoms with Gasteiger partial charge in [-0.15, -0.1) is 0 Å². The van der Waals surface area contributed by atoms with Gasteiger partial charge in [-0.05, 0) is 0 Å². The molecular weight excluding hydrogens is 144 g/mol. The van der Waals surface area contributed by atoms with Crippen LogP contribution in [0.5, 0.6) is 5.88 Å². The number of aliphatic imine (C=N–C) groups is 2. The van der Waals surface area contributed by atoms with Crippen LogP contribution >= 0.6 is 0 Å². The van der Waals surface area contributed by atoms with Gasteiger partial charge in [-0.1, -0.05) is 0 Å². The van der Waals surface area contributed by atoms with Crippen LogP contribution < -0.4 is 0 Å². The first-order valence-corrected chi connectivity index (χ1v) is 3.10. The highest BCUT2D eigenvalue weighted by molar-refractivity contribution is 6.11. The van der Waals surface area contributed by atoms with Crippen LogP contribution in [0, 0.1) is 0 Å². The molecule has 0 spiro atoms. The maximum absolute atomic E-state index is 9.32. The average molecular weight is 150 g/mol. The highest BCUT2D eigenvalue weighted by Gasteiger charge is 2.15. The standard InChI is InChI=1S/C6H6N4O/c1-10-3-9-4(6(10)11)5-7-2-8-5/h2-3,11H,1H3. The summed E-state index contributed by atoms with van der Waals surface area (Å²) in [5.41, 5.74) is 0.440. The first-order chi connectivity index (χ1) is 5.29. The van der Waals surface area contributed by atoms with E-state index in [1.807, 2.05) is 0 Å². The third-order valence-electron chi connectivity index (χ3n) is 1.48. The van der Waals surface area contributed by atoms with Gasteiger partial charge in [0.15, 0.2) is 11.5 Å². The molecule has 0 saturated carbocycles. The van der Waals surface area contributed by atoms with E-state index < -0.39 is 0 Å². The second kappa shape index (κ2) is 1.91. The molecule has 1 aromatic rings. The van der Waals surface area contributed by atoms with E-state index >= 15 is 0 Å². The fraction of sp³-hybridized carbons (Fsp3) is 0.167. The van der Waals surface area contributed by atoms with Gasteiger partial charge < -0.3 is 9.67 Å². The molecule has 0 fully saturated rings. The van der Waals surface area contributed by atoms with Gasteiger partial charge in [0, 0.05) is 7.05 Å². The van der Waals surface area contributed by atoms with Crippen LogP contribution in [0.1, 0.15) is 5.69 Å². The Morgan fingerprint density at radius 1 is 1.55 bits per heavy atom. The minimum atomic E-state index is 0.0978. The topological polar surface area (TPSA) is 62.8 Å². The third-order valence-corrected chi connectivity index (χ3v) is 1.48. The van der Waals surface area contributed by atoms with Crippen molar-refractivity contribution in [3.63, 3.8) is 0 Å². The molecule has 2 rings (SSSR count). The Morgan fingerprint density at radius 3 is 2.64 bits per heavy atom. The molecule has 0 unspecified atom stereocenters. The van der Waals surface area contributed by atoms with Crippen molar-refractivity contribution in [3.8, 4) is 5.88 Å². The monoisotopic (exact) mass is 150 g/mol. The molecule has 1 aliphatic rings. The number of aromatic hydroxyl groups is 1. The van der Waals surface area contributed by atoms with E-state index in [0.717, 1.165) is 0 Å². The smallest absolute Gasteiger partial charge is 0.222 e. The molecule has 5 heteroatoms. The zero-order valence-electron chi connectivity index (χ0n) is 5.89. The van der Waals surface area contributed by atoms with Crippen molar-refractivity contribution in [2.75, 3.05) is 0 Å². The van der Waals surface area contributed by atoms with E-state index in [4.69, 9.17) is 0 Å². The van der Waals surface area contributed by atoms with Crippen molar-refractivity contribution in [2.24, 2.45) is 17.0 Å². The highest BCUT2D eigenvalue weighted by atomic mass is 16.3. The zero-order valence-corrected chi connectivity index (χ0v) is 5.89. The Balaban J connectivity index is 2.45. The largest absolute Gasteiger partial charge is 0.493 e. The van der Waals surface area contributed by atoms with Gasteiger partial charge >= 0.3 is 0 Å². The molecule has 5 nitrogen and oxygen atoms in total. The van der Waals surface area contributed by atoms with Crippen LogP contribution in [-0.4, -0.2) is 26.8 Å². The first-order valence-electron chi connectivity index (χ1n) is 3.10. The van der Waals surface area contributed by atoms with Crippen LogP contribution in [0.25, 0.3) is 0 Å². The van der Waals surface area contributed by atoms with Crippen molar-refractivity contribution in [2.45, 2.75) is 0 Å². The van der Waals surface area contributed by atoms with Gasteiger partial charge in [0.1, 0.15) is 6.34 Å². The quantitative estimate of drug-likeness (QED) is 0.608. The predicted molar refractivity (Wildman–Crippen MR) is 39.9 cm³/mol. The average Bonchev–Trinajstić information content (AvgIpc) is 2.15. The van der Waals surface area contributed by atoms with Crippen LogP contribution in [0.3, 0.4) is 0 Å². The Labute approximate surface area is 62.7 Å². The maximum atomic E-state index is 9.32. The molecule has 1 aromatic heterocycles. The number of hydrogen-bond donors (Lipinski definition) is 1. The first kappa shape index (κ1) is 6.09. The van der Waals surface area contributed by atoms with Gasteiger partial charge in [-0.25, -0.2) is 15.0 Å². The fourth-order valence-corrected chi connectivity index (χ4v) is 0.819. The Morgan fingerprint density at radius 2 is 2.27 bits per heavy atom. The van der Waals surface area contributed by atoms with E-state index in [9.17, 15) is 5.11 Å². The number of amidine groups is 1. The zero-order chi connectivity index (χ0) is 7.84. The van der Waals surface area contributed by atoms with Gasteiger partial charge in [-0.2, -0.15) is 0 Å². The van der Waals surface area contributed by atoms with Crippen molar-refractivity contribution in [1.82, 2.24) is 9.55 Å². The molecule has 0 aliphatic carbocycles. The number of aryl methyl sites for hydroxylation is 1. The van der Waals surface area contributed by atoms with E-state index in [-0.39, 0.29) is 5.88 Å². The maximum Gasteiger partial charge on any atom is 0.222 e. The number of aromatic nitrogens is 2. The van der Waals surface area contributed by atoms with Crippen LogP contribution in [-0.2, 0) is 7.05 Å². The number of rotatable bonds is 1. The lowest BCUT2D eigenvalue weighted by atomic mass is 10.4. The minimum Gasteiger partial charge on any atom is -0.493 e. The SMILES string of the molecule is Cn1cnc(C2=NC=N2)c1O. The lowest BCUT2D eigenvalue weighted by Crippen LogP contribution is -2.05. The van der Waals surface area contributed by atoms with Crippen molar-refractivity contribution in [1.29, 1.82) is 0 Å². The summed E-state index contributed by atoms with van der Waals surface area (Å²) in [4.78, 5) is 11.5. The second-order valence-electron chi connectivity index (χ2n) is 2.22. The normalized spacial score (nSPS) is 14.5. The molecule has 0 radical (unpaired) electrons. The fourth-order valence-electron chi connectivity index (χ4n) is 0.819. The summed E-state index contributed by atoms with van der Waals surface area (Å²) >= 11 is 0. The molecule has 0 atom stereocenters. The summed E-state index contributed by atoms with van der Waals surface area (Å²) in [6.45, 7) is 0. The Bertz CT molecular complexity index is 349. The minimum absolute atomic E-state index is 0.0978. The van der Waals surface area contributed by atoms with E-state index in [1.54, 1.807) is 7.05 Å². The summed E-state index contributed by atoms with van der Waals surface area (Å²) in [5.74, 6) is 0.587. The van der Waals surface area contributed by atoms with Gasteiger partial charge in [0.2, 0.25) is 5.88 Å². The molecule has 0 saturated heterocycles. The second-order valence-corrected chi connectivity index (χ2v) is 2.22. The summed E-state index contributed by atoms with van der Waals surface area (Å²) in [5, 5.41) is 9.32. The molecule has 2 heterocycles. The summed E-state index contributed by atoms with van der Waals surface area (Å²) < 4.78 is 1.51. The van der Waals surface area contributed by atoms with Crippen LogP contribution in [0.15, 0.2) is 16.3 Å². The number of hydrogen-bond acceptors (Lipinski definition) is 4. The molecule has 0 amide bonds. The van der Waals surface area contributed by atoms with Crippen molar-refractivity contribution in [3.05, 3.63) is 12.0 Å². The van der Waals surface area contributed by atoms with Crippen LogP contribution in [0.2, 0.25) is 0 Å². The third kappa shape index (κ3) is 0.739.